The molecule has 0 spiro atoms. The summed E-state index contributed by atoms with van der Waals surface area (Å²) in [6, 6.07) is 11.0. The number of rotatable bonds is 11. The molecule has 2 aromatic rings. The lowest BCUT2D eigenvalue weighted by molar-refractivity contribution is 0.0115. The Kier molecular flexibility index (Phi) is 8.72. The van der Waals surface area contributed by atoms with Gasteiger partial charge in [-0.2, -0.15) is 0 Å². The Bertz CT molecular complexity index is 749. The number of halogens is 1. The van der Waals surface area contributed by atoms with Crippen LogP contribution in [0.2, 0.25) is 0 Å². The average Bonchev–Trinajstić information content (AvgIpc) is 3.09. The second-order valence-corrected chi connectivity index (χ2v) is 7.54. The molecule has 2 rings (SSSR count). The van der Waals surface area contributed by atoms with E-state index < -0.39 is 6.10 Å². The standard InChI is InChI=1S/C23H31FN2O2/c1-5-13-28-17-23(27)16-26(19(4)18(2)3)15-22-7-6-12-25(22)14-20-8-10-21(24)11-9-20/h1,6-12,18-19,23,27H,13-17H2,2-4H3/t19-,23+/m0/s1. The van der Waals surface area contributed by atoms with E-state index in [1.54, 1.807) is 12.1 Å². The summed E-state index contributed by atoms with van der Waals surface area (Å²) < 4.78 is 20.6. The van der Waals surface area contributed by atoms with Gasteiger partial charge >= 0.3 is 0 Å². The van der Waals surface area contributed by atoms with Gasteiger partial charge in [-0.25, -0.2) is 4.39 Å². The summed E-state index contributed by atoms with van der Waals surface area (Å²) in [4.78, 5) is 2.27. The van der Waals surface area contributed by atoms with Crippen molar-refractivity contribution in [3.8, 4) is 12.3 Å². The lowest BCUT2D eigenvalue weighted by atomic mass is 10.0. The van der Waals surface area contributed by atoms with Crippen molar-refractivity contribution in [3.05, 3.63) is 59.7 Å². The van der Waals surface area contributed by atoms with Crippen LogP contribution in [0.4, 0.5) is 4.39 Å². The summed E-state index contributed by atoms with van der Waals surface area (Å²) in [5.41, 5.74) is 2.19. The second-order valence-electron chi connectivity index (χ2n) is 7.54. The zero-order chi connectivity index (χ0) is 20.5. The molecule has 0 saturated heterocycles. The van der Waals surface area contributed by atoms with Gasteiger partial charge in [0.15, 0.2) is 0 Å². The molecule has 0 unspecified atom stereocenters. The molecule has 0 amide bonds. The number of terminal acetylenes is 1. The Morgan fingerprint density at radius 2 is 1.93 bits per heavy atom. The molecule has 0 aliphatic carbocycles. The van der Waals surface area contributed by atoms with E-state index in [4.69, 9.17) is 11.2 Å². The van der Waals surface area contributed by atoms with E-state index in [9.17, 15) is 9.50 Å². The summed E-state index contributed by atoms with van der Waals surface area (Å²) in [6.07, 6.45) is 6.62. The predicted molar refractivity (Wildman–Crippen MR) is 110 cm³/mol. The fourth-order valence-corrected chi connectivity index (χ4v) is 3.12. The maximum Gasteiger partial charge on any atom is 0.123 e. The zero-order valence-electron chi connectivity index (χ0n) is 17.0. The third kappa shape index (κ3) is 6.79. The van der Waals surface area contributed by atoms with Gasteiger partial charge in [0.05, 0.1) is 12.7 Å². The lowest BCUT2D eigenvalue weighted by Gasteiger charge is -2.33. The van der Waals surface area contributed by atoms with Crippen molar-refractivity contribution in [1.29, 1.82) is 0 Å². The van der Waals surface area contributed by atoms with Gasteiger partial charge in [-0.05, 0) is 42.7 Å². The molecule has 0 bridgehead atoms. The van der Waals surface area contributed by atoms with Crippen LogP contribution < -0.4 is 0 Å². The van der Waals surface area contributed by atoms with Crippen molar-refractivity contribution < 1.29 is 14.2 Å². The number of hydrogen-bond acceptors (Lipinski definition) is 3. The van der Waals surface area contributed by atoms with Gasteiger partial charge in [-0.1, -0.05) is 31.9 Å². The number of ether oxygens (including phenoxy) is 1. The Labute approximate surface area is 167 Å². The van der Waals surface area contributed by atoms with Crippen LogP contribution >= 0.6 is 0 Å². The first-order chi connectivity index (χ1) is 13.4. The monoisotopic (exact) mass is 386 g/mol. The molecule has 4 nitrogen and oxygen atoms in total. The van der Waals surface area contributed by atoms with Crippen molar-refractivity contribution in [2.24, 2.45) is 5.92 Å². The van der Waals surface area contributed by atoms with Gasteiger partial charge in [0.1, 0.15) is 12.4 Å². The molecule has 1 N–H and O–H groups in total. The number of aliphatic hydroxyl groups excluding tert-OH is 1. The molecular weight excluding hydrogens is 355 g/mol. The Morgan fingerprint density at radius 3 is 2.57 bits per heavy atom. The van der Waals surface area contributed by atoms with E-state index in [1.807, 2.05) is 12.3 Å². The van der Waals surface area contributed by atoms with Crippen LogP contribution in [0.1, 0.15) is 32.0 Å². The maximum atomic E-state index is 13.2. The minimum absolute atomic E-state index is 0.206. The van der Waals surface area contributed by atoms with Crippen molar-refractivity contribution >= 4 is 0 Å². The smallest absolute Gasteiger partial charge is 0.123 e. The zero-order valence-corrected chi connectivity index (χ0v) is 17.0. The first-order valence-corrected chi connectivity index (χ1v) is 9.72. The lowest BCUT2D eigenvalue weighted by Crippen LogP contribution is -2.42. The summed E-state index contributed by atoms with van der Waals surface area (Å²) in [5.74, 6) is 2.63. The minimum atomic E-state index is -0.602. The van der Waals surface area contributed by atoms with Crippen LogP contribution in [0, 0.1) is 24.1 Å². The number of nitrogens with zero attached hydrogens (tertiary/aromatic N) is 2. The molecule has 1 heterocycles. The first kappa shape index (κ1) is 22.2. The molecule has 0 fully saturated rings. The number of benzene rings is 1. The molecule has 0 aliphatic rings. The normalized spacial score (nSPS) is 13.6. The highest BCUT2D eigenvalue weighted by Crippen LogP contribution is 2.17. The van der Waals surface area contributed by atoms with Gasteiger partial charge in [0.25, 0.3) is 0 Å². The molecular formula is C23H31FN2O2. The highest BCUT2D eigenvalue weighted by atomic mass is 19.1. The van der Waals surface area contributed by atoms with Gasteiger partial charge < -0.3 is 14.4 Å². The highest BCUT2D eigenvalue weighted by Gasteiger charge is 2.21. The van der Waals surface area contributed by atoms with Crippen LogP contribution in [0.5, 0.6) is 0 Å². The molecule has 1 aromatic heterocycles. The van der Waals surface area contributed by atoms with Crippen LogP contribution in [0.3, 0.4) is 0 Å². The molecule has 152 valence electrons. The molecule has 2 atom stereocenters. The third-order valence-electron chi connectivity index (χ3n) is 5.04. The Balaban J connectivity index is 2.08. The molecule has 0 radical (unpaired) electrons. The van der Waals surface area contributed by atoms with Gasteiger partial charge in [-0.3, -0.25) is 4.90 Å². The number of aromatic nitrogens is 1. The predicted octanol–water partition coefficient (Wildman–Crippen LogP) is 3.53. The van der Waals surface area contributed by atoms with Crippen LogP contribution in [0.25, 0.3) is 0 Å². The van der Waals surface area contributed by atoms with Gasteiger partial charge in [0.2, 0.25) is 0 Å². The first-order valence-electron chi connectivity index (χ1n) is 9.72. The topological polar surface area (TPSA) is 37.6 Å². The average molecular weight is 387 g/mol. The van der Waals surface area contributed by atoms with E-state index in [1.165, 1.54) is 12.1 Å². The Hall–Kier alpha value is -2.13. The van der Waals surface area contributed by atoms with Crippen molar-refractivity contribution in [2.75, 3.05) is 19.8 Å². The summed E-state index contributed by atoms with van der Waals surface area (Å²) in [7, 11) is 0. The fourth-order valence-electron chi connectivity index (χ4n) is 3.12. The molecule has 0 saturated carbocycles. The molecule has 5 heteroatoms. The fraction of sp³-hybridized carbons (Fsp3) is 0.478. The minimum Gasteiger partial charge on any atom is -0.389 e. The van der Waals surface area contributed by atoms with Crippen LogP contribution in [0.15, 0.2) is 42.6 Å². The van der Waals surface area contributed by atoms with Gasteiger partial charge in [0, 0.05) is 37.6 Å². The maximum absolute atomic E-state index is 13.2. The van der Waals surface area contributed by atoms with Gasteiger partial charge in [-0.15, -0.1) is 6.42 Å². The summed E-state index contributed by atoms with van der Waals surface area (Å²) in [5, 5.41) is 10.4. The van der Waals surface area contributed by atoms with E-state index in [0.717, 1.165) is 11.3 Å². The molecule has 0 aliphatic heterocycles. The van der Waals surface area contributed by atoms with Crippen molar-refractivity contribution in [2.45, 2.75) is 46.0 Å². The van der Waals surface area contributed by atoms with E-state index in [2.05, 4.69) is 42.2 Å². The Morgan fingerprint density at radius 1 is 1.21 bits per heavy atom. The number of hydrogen-bond donors (Lipinski definition) is 1. The SMILES string of the molecule is C#CCOC[C@H](O)CN(Cc1cccn1Cc1ccc(F)cc1)[C@@H](C)C(C)C. The second kappa shape index (κ2) is 11.0. The van der Waals surface area contributed by atoms with E-state index in [-0.39, 0.29) is 25.1 Å². The third-order valence-corrected chi connectivity index (χ3v) is 5.04. The van der Waals surface area contributed by atoms with Crippen molar-refractivity contribution in [1.82, 2.24) is 9.47 Å². The largest absolute Gasteiger partial charge is 0.389 e. The van der Waals surface area contributed by atoms with Crippen LogP contribution in [-0.2, 0) is 17.8 Å². The van der Waals surface area contributed by atoms with Crippen molar-refractivity contribution in [3.63, 3.8) is 0 Å². The van der Waals surface area contributed by atoms with E-state index in [0.29, 0.717) is 25.6 Å². The van der Waals surface area contributed by atoms with E-state index >= 15 is 0 Å². The molecule has 28 heavy (non-hydrogen) atoms. The van der Waals surface area contributed by atoms with Crippen LogP contribution in [-0.4, -0.2) is 46.5 Å². The summed E-state index contributed by atoms with van der Waals surface area (Å²) >= 11 is 0. The quantitative estimate of drug-likeness (QED) is 0.474. The summed E-state index contributed by atoms with van der Waals surface area (Å²) in [6.45, 7) is 8.85. The number of aliphatic hydroxyl groups is 1. The highest BCUT2D eigenvalue weighted by molar-refractivity contribution is 5.18. The molecule has 1 aromatic carbocycles.